The van der Waals surface area contributed by atoms with Crippen molar-refractivity contribution in [2.24, 2.45) is 22.7 Å². The molecule has 5 heteroatoms. The van der Waals surface area contributed by atoms with Gasteiger partial charge < -0.3 is 14.6 Å². The van der Waals surface area contributed by atoms with Crippen LogP contribution in [0.25, 0.3) is 0 Å². The lowest BCUT2D eigenvalue weighted by molar-refractivity contribution is -0.140. The maximum Gasteiger partial charge on any atom is 0.333 e. The Balaban J connectivity index is 2.00. The van der Waals surface area contributed by atoms with Gasteiger partial charge in [0.2, 0.25) is 0 Å². The van der Waals surface area contributed by atoms with Crippen molar-refractivity contribution in [3.8, 4) is 0 Å². The minimum absolute atomic E-state index is 0.0184. The Hall–Kier alpha value is -0.840. The van der Waals surface area contributed by atoms with Gasteiger partial charge in [-0.25, -0.2) is 4.79 Å². The zero-order chi connectivity index (χ0) is 19.3. The molecule has 3 rings (SSSR count). The van der Waals surface area contributed by atoms with E-state index in [1.807, 2.05) is 6.08 Å². The number of ether oxygens (including phenoxy) is 2. The summed E-state index contributed by atoms with van der Waals surface area (Å²) in [5.41, 5.74) is 1.47. The molecule has 1 saturated heterocycles. The van der Waals surface area contributed by atoms with E-state index in [0.717, 1.165) is 19.3 Å². The molecule has 7 atom stereocenters. The molecule has 0 aromatic carbocycles. The predicted molar refractivity (Wildman–Crippen MR) is 102 cm³/mol. The Morgan fingerprint density at radius 3 is 2.77 bits per heavy atom. The Morgan fingerprint density at radius 2 is 2.15 bits per heavy atom. The van der Waals surface area contributed by atoms with Gasteiger partial charge in [-0.3, -0.25) is 0 Å². The fourth-order valence-corrected chi connectivity index (χ4v) is 6.18. The molecular weight excluding hydrogens is 352 g/mol. The van der Waals surface area contributed by atoms with Crippen LogP contribution in [-0.4, -0.2) is 36.0 Å². The number of rotatable bonds is 4. The van der Waals surface area contributed by atoms with Crippen LogP contribution in [0.1, 0.15) is 53.4 Å². The third kappa shape index (κ3) is 2.85. The number of aliphatic hydroxyl groups excluding tert-OH is 1. The van der Waals surface area contributed by atoms with E-state index in [0.29, 0.717) is 12.0 Å². The minimum atomic E-state index is -0.984. The fraction of sp³-hybridized carbons (Fsp3) is 0.762. The highest BCUT2D eigenvalue weighted by atomic mass is 35.5. The number of alkyl halides is 1. The normalized spacial score (nSPS) is 44.1. The first-order valence-corrected chi connectivity index (χ1v) is 9.99. The predicted octanol–water partition coefficient (Wildman–Crippen LogP) is 4.21. The van der Waals surface area contributed by atoms with Gasteiger partial charge in [-0.1, -0.05) is 31.6 Å². The zero-order valence-corrected chi connectivity index (χ0v) is 17.2. The van der Waals surface area contributed by atoms with Crippen LogP contribution in [0.2, 0.25) is 0 Å². The monoisotopic (exact) mass is 382 g/mol. The lowest BCUT2D eigenvalue weighted by Crippen LogP contribution is -2.58. The fourth-order valence-electron chi connectivity index (χ4n) is 5.75. The van der Waals surface area contributed by atoms with E-state index in [-0.39, 0.29) is 40.1 Å². The second-order valence-corrected chi connectivity index (χ2v) is 9.35. The van der Waals surface area contributed by atoms with Crippen LogP contribution >= 0.6 is 11.6 Å². The Labute approximate surface area is 161 Å². The molecule has 0 amide bonds. The average Bonchev–Trinajstić information content (AvgIpc) is 2.83. The molecule has 1 N–H and O–H groups in total. The first-order chi connectivity index (χ1) is 12.2. The topological polar surface area (TPSA) is 55.8 Å². The quantitative estimate of drug-likeness (QED) is 0.449. The number of carbonyl (C=O) groups is 1. The largest absolute Gasteiger partial charge is 0.466 e. The van der Waals surface area contributed by atoms with E-state index in [4.69, 9.17) is 21.1 Å². The van der Waals surface area contributed by atoms with Crippen molar-refractivity contribution in [3.05, 3.63) is 23.3 Å². The number of carbonyl (C=O) groups excluding carboxylic acids is 1. The van der Waals surface area contributed by atoms with Crippen LogP contribution in [-0.2, 0) is 14.3 Å². The molecule has 0 radical (unpaired) electrons. The van der Waals surface area contributed by atoms with Gasteiger partial charge >= 0.3 is 5.97 Å². The summed E-state index contributed by atoms with van der Waals surface area (Å²) in [6, 6.07) is 0. The number of esters is 1. The van der Waals surface area contributed by atoms with Gasteiger partial charge in [0.25, 0.3) is 0 Å². The van der Waals surface area contributed by atoms with Crippen molar-refractivity contribution < 1.29 is 19.4 Å². The van der Waals surface area contributed by atoms with Crippen LogP contribution in [0.15, 0.2) is 23.3 Å². The molecule has 2 fully saturated rings. The van der Waals surface area contributed by atoms with E-state index in [2.05, 4.69) is 33.8 Å². The van der Waals surface area contributed by atoms with Crippen molar-refractivity contribution in [1.82, 2.24) is 0 Å². The average molecular weight is 383 g/mol. The van der Waals surface area contributed by atoms with E-state index >= 15 is 0 Å². The van der Waals surface area contributed by atoms with Gasteiger partial charge in [0, 0.05) is 22.3 Å². The van der Waals surface area contributed by atoms with Gasteiger partial charge in [0.1, 0.15) is 0 Å². The molecule has 1 saturated carbocycles. The number of methoxy groups -OCH3 is 1. The summed E-state index contributed by atoms with van der Waals surface area (Å²) >= 11 is 6.89. The Bertz CT molecular complexity index is 638. The molecule has 0 aromatic rings. The van der Waals surface area contributed by atoms with Gasteiger partial charge in [-0.05, 0) is 50.9 Å². The summed E-state index contributed by atoms with van der Waals surface area (Å²) in [5, 5.41) is 10.6. The summed E-state index contributed by atoms with van der Waals surface area (Å²) in [6.45, 7) is 8.67. The van der Waals surface area contributed by atoms with Crippen molar-refractivity contribution in [1.29, 1.82) is 0 Å². The molecule has 2 aliphatic carbocycles. The van der Waals surface area contributed by atoms with Gasteiger partial charge in [0.15, 0.2) is 6.29 Å². The van der Waals surface area contributed by atoms with Crippen LogP contribution < -0.4 is 0 Å². The van der Waals surface area contributed by atoms with E-state index < -0.39 is 6.29 Å². The van der Waals surface area contributed by atoms with Crippen LogP contribution in [0.5, 0.6) is 0 Å². The van der Waals surface area contributed by atoms with Gasteiger partial charge in [0.05, 0.1) is 13.2 Å². The van der Waals surface area contributed by atoms with E-state index in [1.54, 1.807) is 0 Å². The lowest BCUT2D eigenvalue weighted by atomic mass is 9.47. The van der Waals surface area contributed by atoms with E-state index in [1.165, 1.54) is 12.7 Å². The Kier molecular flexibility index (Phi) is 5.33. The first-order valence-electron chi connectivity index (χ1n) is 9.55. The number of hydrogen-bond donors (Lipinski definition) is 1. The second-order valence-electron chi connectivity index (χ2n) is 8.83. The number of aliphatic hydroxyl groups is 1. The smallest absolute Gasteiger partial charge is 0.333 e. The highest BCUT2D eigenvalue weighted by molar-refractivity contribution is 6.21. The SMILES string of the molecule is COC(=O)C1=CC[C@H]2[C@](C)(CCC=C(C)C)[C@@H](Cl)C[C@@H]3O[C@H](O)[C@H]1[C@@]32C. The standard InChI is InChI=1S/C21H31ClO4/c1-12(2)7-6-10-20(3)14-9-8-13(18(23)25-5)17-19(24)26-16(11-15(20)22)21(14,17)4/h7-8,14-17,19,24H,6,9-11H2,1-5H3/t14-,15-,16-,17-,19-,20-,21+/m0/s1. The van der Waals surface area contributed by atoms with Crippen LogP contribution in [0, 0.1) is 22.7 Å². The second kappa shape index (κ2) is 6.96. The molecule has 1 aliphatic heterocycles. The van der Waals surface area contributed by atoms with Crippen LogP contribution in [0.3, 0.4) is 0 Å². The molecule has 0 aromatic heterocycles. The minimum Gasteiger partial charge on any atom is -0.466 e. The van der Waals surface area contributed by atoms with Gasteiger partial charge in [-0.2, -0.15) is 0 Å². The molecule has 0 spiro atoms. The number of halogens is 1. The zero-order valence-electron chi connectivity index (χ0n) is 16.4. The summed E-state index contributed by atoms with van der Waals surface area (Å²) in [5.74, 6) is -0.472. The molecule has 0 unspecified atom stereocenters. The molecule has 26 heavy (non-hydrogen) atoms. The van der Waals surface area contributed by atoms with Crippen molar-refractivity contribution >= 4 is 17.6 Å². The summed E-state index contributed by atoms with van der Waals surface area (Å²) in [4.78, 5) is 12.3. The first kappa shape index (κ1) is 19.9. The molecule has 4 nitrogen and oxygen atoms in total. The molecular formula is C21H31ClO4. The van der Waals surface area contributed by atoms with Gasteiger partial charge in [-0.15, -0.1) is 11.6 Å². The van der Waals surface area contributed by atoms with Crippen molar-refractivity contribution in [3.63, 3.8) is 0 Å². The van der Waals surface area contributed by atoms with Crippen LogP contribution in [0.4, 0.5) is 0 Å². The number of hydrogen-bond acceptors (Lipinski definition) is 4. The molecule has 146 valence electrons. The third-order valence-electron chi connectivity index (χ3n) is 7.20. The van der Waals surface area contributed by atoms with Crippen molar-refractivity contribution in [2.75, 3.05) is 7.11 Å². The highest BCUT2D eigenvalue weighted by Crippen LogP contribution is 2.66. The molecule has 1 heterocycles. The van der Waals surface area contributed by atoms with E-state index in [9.17, 15) is 9.90 Å². The van der Waals surface area contributed by atoms with Crippen molar-refractivity contribution in [2.45, 2.75) is 71.1 Å². The lowest BCUT2D eigenvalue weighted by Gasteiger charge is -2.58. The third-order valence-corrected chi connectivity index (χ3v) is 7.88. The molecule has 3 aliphatic rings. The number of allylic oxidation sites excluding steroid dienone is 3. The molecule has 0 bridgehead atoms. The Morgan fingerprint density at radius 1 is 1.46 bits per heavy atom. The summed E-state index contributed by atoms with van der Waals surface area (Å²) < 4.78 is 10.9. The summed E-state index contributed by atoms with van der Waals surface area (Å²) in [6.07, 6.45) is 6.53. The maximum absolute atomic E-state index is 12.3. The highest BCUT2D eigenvalue weighted by Gasteiger charge is 2.67. The summed E-state index contributed by atoms with van der Waals surface area (Å²) in [7, 11) is 1.39. The maximum atomic E-state index is 12.3.